The fourth-order valence-corrected chi connectivity index (χ4v) is 3.07. The quantitative estimate of drug-likeness (QED) is 0.665. The number of rotatable bonds is 5. The van der Waals surface area contributed by atoms with Gasteiger partial charge in [-0.05, 0) is 43.0 Å². The summed E-state index contributed by atoms with van der Waals surface area (Å²) < 4.78 is 6.86. The zero-order valence-electron chi connectivity index (χ0n) is 14.1. The molecule has 1 unspecified atom stereocenters. The Morgan fingerprint density at radius 1 is 1.35 bits per heavy atom. The van der Waals surface area contributed by atoms with E-state index in [0.717, 1.165) is 16.9 Å². The number of hydrogen-bond acceptors (Lipinski definition) is 6. The van der Waals surface area contributed by atoms with Gasteiger partial charge in [0, 0.05) is 12.4 Å². The van der Waals surface area contributed by atoms with Crippen molar-refractivity contribution >= 4 is 39.8 Å². The van der Waals surface area contributed by atoms with Crippen molar-refractivity contribution in [3.05, 3.63) is 52.8 Å². The van der Waals surface area contributed by atoms with Gasteiger partial charge in [-0.25, -0.2) is 9.78 Å². The lowest BCUT2D eigenvalue weighted by Gasteiger charge is -2.12. The van der Waals surface area contributed by atoms with Crippen LogP contribution < -0.4 is 11.1 Å². The van der Waals surface area contributed by atoms with E-state index in [9.17, 15) is 14.4 Å². The van der Waals surface area contributed by atoms with Crippen LogP contribution in [0.3, 0.4) is 0 Å². The number of nitrogens with zero attached hydrogens (tertiary/aromatic N) is 2. The molecule has 0 saturated carbocycles. The van der Waals surface area contributed by atoms with Gasteiger partial charge in [-0.15, -0.1) is 11.3 Å². The largest absolute Gasteiger partial charge is 0.448 e. The Hall–Kier alpha value is -3.20. The smallest absolute Gasteiger partial charge is 0.359 e. The molecule has 0 aromatic carbocycles. The van der Waals surface area contributed by atoms with Gasteiger partial charge in [0.25, 0.3) is 11.8 Å². The number of hydrogen-bond donors (Lipinski definition) is 2. The van der Waals surface area contributed by atoms with Crippen molar-refractivity contribution < 1.29 is 19.1 Å². The molecular weight excluding hydrogens is 356 g/mol. The van der Waals surface area contributed by atoms with E-state index < -0.39 is 23.9 Å². The highest BCUT2D eigenvalue weighted by Crippen LogP contribution is 2.23. The van der Waals surface area contributed by atoms with Crippen LogP contribution >= 0.6 is 11.3 Å². The van der Waals surface area contributed by atoms with Crippen LogP contribution in [0, 0.1) is 6.92 Å². The third-order valence-electron chi connectivity index (χ3n) is 3.65. The minimum Gasteiger partial charge on any atom is -0.448 e. The summed E-state index contributed by atoms with van der Waals surface area (Å²) in [5.41, 5.74) is 7.16. The number of esters is 1. The van der Waals surface area contributed by atoms with Crippen molar-refractivity contribution in [1.29, 1.82) is 0 Å². The van der Waals surface area contributed by atoms with Gasteiger partial charge in [0.1, 0.15) is 10.6 Å². The van der Waals surface area contributed by atoms with Gasteiger partial charge >= 0.3 is 5.97 Å². The molecule has 0 aliphatic carbocycles. The first kappa shape index (κ1) is 17.6. The van der Waals surface area contributed by atoms with Gasteiger partial charge in [0.15, 0.2) is 11.8 Å². The summed E-state index contributed by atoms with van der Waals surface area (Å²) in [6, 6.07) is 5.23. The maximum atomic E-state index is 12.2. The van der Waals surface area contributed by atoms with Crippen LogP contribution in [0.1, 0.15) is 33.3 Å². The van der Waals surface area contributed by atoms with Gasteiger partial charge in [0.05, 0.1) is 5.56 Å². The predicted octanol–water partition coefficient (Wildman–Crippen LogP) is 1.99. The van der Waals surface area contributed by atoms with Gasteiger partial charge in [-0.1, -0.05) is 0 Å². The molecule has 3 aromatic rings. The molecule has 0 bridgehead atoms. The SMILES string of the molecule is Cc1ccn2cc(C(=O)OC(C)C(=O)Nc3sccc3C(N)=O)nc2c1. The Labute approximate surface area is 152 Å². The number of imidazole rings is 1. The molecule has 0 fully saturated rings. The fourth-order valence-electron chi connectivity index (χ4n) is 2.27. The topological polar surface area (TPSA) is 116 Å². The summed E-state index contributed by atoms with van der Waals surface area (Å²) in [5, 5.41) is 4.48. The number of pyridine rings is 1. The molecule has 8 nitrogen and oxygen atoms in total. The summed E-state index contributed by atoms with van der Waals surface area (Å²) in [5.74, 6) is -1.93. The van der Waals surface area contributed by atoms with E-state index in [4.69, 9.17) is 10.5 Å². The molecule has 0 saturated heterocycles. The number of fused-ring (bicyclic) bond motifs is 1. The van der Waals surface area contributed by atoms with E-state index in [1.807, 2.05) is 19.1 Å². The van der Waals surface area contributed by atoms with Gasteiger partial charge in [-0.3, -0.25) is 9.59 Å². The van der Waals surface area contributed by atoms with Crippen molar-refractivity contribution in [2.45, 2.75) is 20.0 Å². The number of nitrogens with one attached hydrogen (secondary N) is 1. The average molecular weight is 372 g/mol. The Kier molecular flexibility index (Phi) is 4.72. The highest BCUT2D eigenvalue weighted by Gasteiger charge is 2.22. The van der Waals surface area contributed by atoms with Crippen molar-refractivity contribution in [2.24, 2.45) is 5.73 Å². The molecule has 0 radical (unpaired) electrons. The van der Waals surface area contributed by atoms with Crippen LogP contribution in [-0.2, 0) is 9.53 Å². The number of aromatic nitrogens is 2. The molecule has 3 heterocycles. The number of anilines is 1. The maximum absolute atomic E-state index is 12.2. The second-order valence-electron chi connectivity index (χ2n) is 5.66. The number of primary amides is 1. The Balaban J connectivity index is 1.68. The first-order valence-electron chi connectivity index (χ1n) is 7.69. The molecule has 0 spiro atoms. The second kappa shape index (κ2) is 6.96. The molecule has 0 aliphatic rings. The predicted molar refractivity (Wildman–Crippen MR) is 96.3 cm³/mol. The number of amides is 2. The first-order valence-corrected chi connectivity index (χ1v) is 8.57. The zero-order chi connectivity index (χ0) is 18.8. The number of carbonyl (C=O) groups is 3. The highest BCUT2D eigenvalue weighted by atomic mass is 32.1. The van der Waals surface area contributed by atoms with E-state index in [1.54, 1.807) is 16.0 Å². The number of thiophene rings is 1. The van der Waals surface area contributed by atoms with Crippen LogP contribution in [0.15, 0.2) is 36.0 Å². The van der Waals surface area contributed by atoms with Crippen LogP contribution in [0.4, 0.5) is 5.00 Å². The number of carbonyl (C=O) groups excluding carboxylic acids is 3. The molecule has 3 rings (SSSR count). The summed E-state index contributed by atoms with van der Waals surface area (Å²) in [6.45, 7) is 3.36. The van der Waals surface area contributed by atoms with Crippen LogP contribution in [0.5, 0.6) is 0 Å². The Bertz CT molecular complexity index is 1010. The number of aryl methyl sites for hydroxylation is 1. The third-order valence-corrected chi connectivity index (χ3v) is 4.48. The molecule has 3 N–H and O–H groups in total. The lowest BCUT2D eigenvalue weighted by Crippen LogP contribution is -2.30. The minimum atomic E-state index is -1.07. The summed E-state index contributed by atoms with van der Waals surface area (Å²) in [4.78, 5) is 39.9. The van der Waals surface area contributed by atoms with Crippen molar-refractivity contribution in [2.75, 3.05) is 5.32 Å². The van der Waals surface area contributed by atoms with E-state index in [0.29, 0.717) is 10.6 Å². The Morgan fingerprint density at radius 3 is 2.85 bits per heavy atom. The summed E-state index contributed by atoms with van der Waals surface area (Å²) in [7, 11) is 0. The summed E-state index contributed by atoms with van der Waals surface area (Å²) >= 11 is 1.15. The lowest BCUT2D eigenvalue weighted by atomic mass is 10.3. The monoisotopic (exact) mass is 372 g/mol. The van der Waals surface area contributed by atoms with Crippen LogP contribution in [0.2, 0.25) is 0 Å². The molecule has 26 heavy (non-hydrogen) atoms. The number of nitrogens with two attached hydrogens (primary N) is 1. The molecular formula is C17H16N4O4S. The Morgan fingerprint density at radius 2 is 2.12 bits per heavy atom. The van der Waals surface area contributed by atoms with Crippen molar-refractivity contribution in [3.63, 3.8) is 0 Å². The van der Waals surface area contributed by atoms with Crippen molar-refractivity contribution in [1.82, 2.24) is 9.38 Å². The maximum Gasteiger partial charge on any atom is 0.359 e. The van der Waals surface area contributed by atoms with E-state index in [1.165, 1.54) is 19.2 Å². The second-order valence-corrected chi connectivity index (χ2v) is 6.58. The highest BCUT2D eigenvalue weighted by molar-refractivity contribution is 7.14. The molecule has 2 amide bonds. The average Bonchev–Trinajstić information content (AvgIpc) is 3.20. The first-order chi connectivity index (χ1) is 12.3. The van der Waals surface area contributed by atoms with Crippen LogP contribution in [-0.4, -0.2) is 33.3 Å². The van der Waals surface area contributed by atoms with E-state index >= 15 is 0 Å². The van der Waals surface area contributed by atoms with Gasteiger partial charge in [0.2, 0.25) is 0 Å². The van der Waals surface area contributed by atoms with Crippen LogP contribution in [0.25, 0.3) is 5.65 Å². The van der Waals surface area contributed by atoms with E-state index in [2.05, 4.69) is 10.3 Å². The third kappa shape index (κ3) is 3.57. The molecule has 0 aliphatic heterocycles. The molecule has 1 atom stereocenters. The summed E-state index contributed by atoms with van der Waals surface area (Å²) in [6.07, 6.45) is 2.25. The van der Waals surface area contributed by atoms with Gasteiger partial charge < -0.3 is 20.2 Å². The molecule has 134 valence electrons. The lowest BCUT2D eigenvalue weighted by molar-refractivity contribution is -0.123. The van der Waals surface area contributed by atoms with E-state index in [-0.39, 0.29) is 11.3 Å². The van der Waals surface area contributed by atoms with Crippen molar-refractivity contribution in [3.8, 4) is 0 Å². The minimum absolute atomic E-state index is 0.101. The molecule has 9 heteroatoms. The fraction of sp³-hybridized carbons (Fsp3) is 0.176. The zero-order valence-corrected chi connectivity index (χ0v) is 14.9. The number of ether oxygens (including phenoxy) is 1. The molecule has 3 aromatic heterocycles. The van der Waals surface area contributed by atoms with Gasteiger partial charge in [-0.2, -0.15) is 0 Å². The normalized spacial score (nSPS) is 11.9. The standard InChI is InChI=1S/C17H16N4O4S/c1-9-3-5-21-8-12(19-13(21)7-9)17(24)25-10(2)15(23)20-16-11(14(18)22)4-6-26-16/h3-8,10H,1-2H3,(H2,18,22)(H,20,23).